The molecule has 76 valence electrons. The van der Waals surface area contributed by atoms with E-state index in [2.05, 4.69) is 20.8 Å². The van der Waals surface area contributed by atoms with Gasteiger partial charge >= 0.3 is 0 Å². The molecule has 1 nitrogen and oxygen atoms in total. The van der Waals surface area contributed by atoms with Gasteiger partial charge in [0.1, 0.15) is 0 Å². The maximum Gasteiger partial charge on any atom is 0.0962 e. The number of aryl methyl sites for hydroxylation is 1. The third kappa shape index (κ3) is 1.31. The largest absolute Gasteiger partial charge is 0.245 e. The first-order valence-electron chi connectivity index (χ1n) is 5.55. The molecule has 2 saturated carbocycles. The number of rotatable bonds is 2. The lowest BCUT2D eigenvalue weighted by atomic mass is 10.1. The van der Waals surface area contributed by atoms with E-state index in [1.165, 1.54) is 34.8 Å². The van der Waals surface area contributed by atoms with Gasteiger partial charge in [-0.15, -0.1) is 11.3 Å². The molecule has 0 saturated heterocycles. The van der Waals surface area contributed by atoms with Gasteiger partial charge in [-0.05, 0) is 31.6 Å². The second-order valence-corrected chi connectivity index (χ2v) is 6.75. The van der Waals surface area contributed by atoms with E-state index in [0.29, 0.717) is 5.41 Å². The summed E-state index contributed by atoms with van der Waals surface area (Å²) >= 11 is 1.94. The first-order chi connectivity index (χ1) is 6.58. The smallest absolute Gasteiger partial charge is 0.0962 e. The minimum atomic E-state index is 0.527. The van der Waals surface area contributed by atoms with Crippen molar-refractivity contribution in [3.05, 3.63) is 15.6 Å². The SMILES string of the molecule is Cc1sc(C2CC2)nc1C1CC1(C)C. The van der Waals surface area contributed by atoms with Gasteiger partial charge in [-0.2, -0.15) is 0 Å². The molecular weight excluding hydrogens is 190 g/mol. The highest BCUT2D eigenvalue weighted by Crippen LogP contribution is 2.59. The molecule has 2 fully saturated rings. The summed E-state index contributed by atoms with van der Waals surface area (Å²) in [6.07, 6.45) is 4.09. The van der Waals surface area contributed by atoms with Gasteiger partial charge in [-0.25, -0.2) is 4.98 Å². The summed E-state index contributed by atoms with van der Waals surface area (Å²) in [5.41, 5.74) is 1.95. The van der Waals surface area contributed by atoms with Gasteiger partial charge in [0, 0.05) is 16.7 Å². The van der Waals surface area contributed by atoms with Crippen molar-refractivity contribution < 1.29 is 0 Å². The van der Waals surface area contributed by atoms with Gasteiger partial charge in [0.25, 0.3) is 0 Å². The van der Waals surface area contributed by atoms with E-state index in [-0.39, 0.29) is 0 Å². The van der Waals surface area contributed by atoms with Crippen molar-refractivity contribution in [2.24, 2.45) is 5.41 Å². The molecule has 2 heteroatoms. The second-order valence-electron chi connectivity index (χ2n) is 5.51. The number of nitrogens with zero attached hydrogens (tertiary/aromatic N) is 1. The normalized spacial score (nSPS) is 29.2. The fourth-order valence-electron chi connectivity index (χ4n) is 2.19. The quantitative estimate of drug-likeness (QED) is 0.718. The Morgan fingerprint density at radius 1 is 1.36 bits per heavy atom. The Labute approximate surface area is 89.6 Å². The molecule has 1 atom stereocenters. The highest BCUT2D eigenvalue weighted by atomic mass is 32.1. The lowest BCUT2D eigenvalue weighted by molar-refractivity contribution is 0.615. The molecule has 0 N–H and O–H groups in total. The third-order valence-electron chi connectivity index (χ3n) is 3.62. The molecule has 1 aromatic heterocycles. The van der Waals surface area contributed by atoms with Crippen LogP contribution in [0.3, 0.4) is 0 Å². The maximum absolute atomic E-state index is 4.85. The highest BCUT2D eigenvalue weighted by molar-refractivity contribution is 7.11. The van der Waals surface area contributed by atoms with E-state index in [1.807, 2.05) is 11.3 Å². The summed E-state index contributed by atoms with van der Waals surface area (Å²) in [6.45, 7) is 6.95. The zero-order chi connectivity index (χ0) is 9.92. The van der Waals surface area contributed by atoms with E-state index in [4.69, 9.17) is 4.98 Å². The van der Waals surface area contributed by atoms with E-state index in [9.17, 15) is 0 Å². The Morgan fingerprint density at radius 3 is 2.50 bits per heavy atom. The number of hydrogen-bond acceptors (Lipinski definition) is 2. The van der Waals surface area contributed by atoms with E-state index < -0.39 is 0 Å². The molecule has 3 rings (SSSR count). The molecule has 2 aliphatic carbocycles. The fraction of sp³-hybridized carbons (Fsp3) is 0.750. The Morgan fingerprint density at radius 2 is 2.00 bits per heavy atom. The average Bonchev–Trinajstić information content (AvgIpc) is 2.97. The van der Waals surface area contributed by atoms with E-state index in [0.717, 1.165) is 11.8 Å². The van der Waals surface area contributed by atoms with Crippen LogP contribution < -0.4 is 0 Å². The monoisotopic (exact) mass is 207 g/mol. The second kappa shape index (κ2) is 2.60. The van der Waals surface area contributed by atoms with Crippen LogP contribution in [0.15, 0.2) is 0 Å². The molecule has 0 aliphatic heterocycles. The van der Waals surface area contributed by atoms with Crippen LogP contribution in [-0.2, 0) is 0 Å². The minimum Gasteiger partial charge on any atom is -0.245 e. The number of aromatic nitrogens is 1. The van der Waals surface area contributed by atoms with Crippen molar-refractivity contribution >= 4 is 11.3 Å². The summed E-state index contributed by atoms with van der Waals surface area (Å²) in [4.78, 5) is 6.32. The topological polar surface area (TPSA) is 12.9 Å². The Hall–Kier alpha value is -0.370. The van der Waals surface area contributed by atoms with Crippen LogP contribution in [0.2, 0.25) is 0 Å². The molecule has 1 unspecified atom stereocenters. The lowest BCUT2D eigenvalue weighted by Crippen LogP contribution is -1.92. The van der Waals surface area contributed by atoms with Gasteiger partial charge in [0.15, 0.2) is 0 Å². The van der Waals surface area contributed by atoms with Gasteiger partial charge < -0.3 is 0 Å². The molecule has 1 heterocycles. The van der Waals surface area contributed by atoms with Crippen LogP contribution in [0, 0.1) is 12.3 Å². The molecular formula is C12H17NS. The zero-order valence-electron chi connectivity index (χ0n) is 9.13. The highest BCUT2D eigenvalue weighted by Gasteiger charge is 2.49. The molecule has 2 aliphatic rings. The summed E-state index contributed by atoms with van der Waals surface area (Å²) in [6, 6.07) is 0. The van der Waals surface area contributed by atoms with Crippen molar-refractivity contribution in [3.63, 3.8) is 0 Å². The Kier molecular flexibility index (Phi) is 1.65. The van der Waals surface area contributed by atoms with Crippen molar-refractivity contribution in [1.29, 1.82) is 0 Å². The van der Waals surface area contributed by atoms with Crippen LogP contribution in [-0.4, -0.2) is 4.98 Å². The maximum atomic E-state index is 4.85. The summed E-state index contributed by atoms with van der Waals surface area (Å²) < 4.78 is 0. The fourth-order valence-corrected chi connectivity index (χ4v) is 3.34. The van der Waals surface area contributed by atoms with Crippen LogP contribution in [0.1, 0.15) is 60.5 Å². The van der Waals surface area contributed by atoms with Gasteiger partial charge in [-0.3, -0.25) is 0 Å². The summed E-state index contributed by atoms with van der Waals surface area (Å²) in [5, 5.41) is 1.42. The van der Waals surface area contributed by atoms with Crippen LogP contribution in [0.25, 0.3) is 0 Å². The van der Waals surface area contributed by atoms with E-state index in [1.54, 1.807) is 0 Å². The molecule has 14 heavy (non-hydrogen) atoms. The van der Waals surface area contributed by atoms with Crippen LogP contribution in [0.5, 0.6) is 0 Å². The van der Waals surface area contributed by atoms with Crippen molar-refractivity contribution in [2.45, 2.75) is 51.9 Å². The third-order valence-corrected chi connectivity index (χ3v) is 4.77. The van der Waals surface area contributed by atoms with E-state index >= 15 is 0 Å². The summed E-state index contributed by atoms with van der Waals surface area (Å²) in [5.74, 6) is 1.58. The number of thiazole rings is 1. The molecule has 0 bridgehead atoms. The van der Waals surface area contributed by atoms with Crippen molar-refractivity contribution in [2.75, 3.05) is 0 Å². The van der Waals surface area contributed by atoms with Gasteiger partial charge in [-0.1, -0.05) is 13.8 Å². The molecule has 0 radical (unpaired) electrons. The number of hydrogen-bond donors (Lipinski definition) is 0. The molecule has 0 amide bonds. The van der Waals surface area contributed by atoms with Crippen molar-refractivity contribution in [1.82, 2.24) is 4.98 Å². The van der Waals surface area contributed by atoms with Crippen molar-refractivity contribution in [3.8, 4) is 0 Å². The van der Waals surface area contributed by atoms with Crippen LogP contribution in [0.4, 0.5) is 0 Å². The standard InChI is InChI=1S/C12H17NS/c1-7-10(9-6-12(9,2)3)13-11(14-7)8-4-5-8/h8-9H,4-6H2,1-3H3. The lowest BCUT2D eigenvalue weighted by Gasteiger charge is -2.00. The molecule has 1 aromatic rings. The Bertz CT molecular complexity index is 374. The first kappa shape index (κ1) is 8.90. The Balaban J connectivity index is 1.90. The first-order valence-corrected chi connectivity index (χ1v) is 6.37. The van der Waals surface area contributed by atoms with Gasteiger partial charge in [0.05, 0.1) is 10.7 Å². The predicted molar refractivity (Wildman–Crippen MR) is 60.0 cm³/mol. The minimum absolute atomic E-state index is 0.527. The van der Waals surface area contributed by atoms with Crippen LogP contribution >= 0.6 is 11.3 Å². The van der Waals surface area contributed by atoms with Gasteiger partial charge in [0.2, 0.25) is 0 Å². The predicted octanol–water partition coefficient (Wildman–Crippen LogP) is 3.84. The summed E-state index contributed by atoms with van der Waals surface area (Å²) in [7, 11) is 0. The zero-order valence-corrected chi connectivity index (χ0v) is 9.95. The molecule has 0 aromatic carbocycles. The molecule has 0 spiro atoms. The average molecular weight is 207 g/mol.